The van der Waals surface area contributed by atoms with Crippen LogP contribution in [0.25, 0.3) is 11.1 Å². The maximum absolute atomic E-state index is 12.4. The van der Waals surface area contributed by atoms with Crippen LogP contribution in [-0.2, 0) is 9.59 Å². The summed E-state index contributed by atoms with van der Waals surface area (Å²) in [5.74, 6) is 0.178. The first-order valence-corrected chi connectivity index (χ1v) is 10.3. The van der Waals surface area contributed by atoms with E-state index in [1.165, 1.54) is 11.8 Å². The first-order valence-electron chi connectivity index (χ1n) is 9.21. The van der Waals surface area contributed by atoms with E-state index >= 15 is 0 Å². The molecule has 1 aromatic heterocycles. The van der Waals surface area contributed by atoms with Crippen molar-refractivity contribution in [2.45, 2.75) is 18.0 Å². The van der Waals surface area contributed by atoms with Gasteiger partial charge in [0.2, 0.25) is 17.7 Å². The molecule has 1 aliphatic rings. The lowest BCUT2D eigenvalue weighted by Crippen LogP contribution is -2.51. The van der Waals surface area contributed by atoms with Crippen LogP contribution in [0.5, 0.6) is 0 Å². The number of hydrogen-bond donors (Lipinski definition) is 3. The van der Waals surface area contributed by atoms with Gasteiger partial charge in [0.25, 0.3) is 0 Å². The van der Waals surface area contributed by atoms with E-state index in [0.29, 0.717) is 12.3 Å². The lowest BCUT2D eigenvalue weighted by molar-refractivity contribution is -0.123. The van der Waals surface area contributed by atoms with Crippen molar-refractivity contribution in [1.29, 1.82) is 0 Å². The summed E-state index contributed by atoms with van der Waals surface area (Å²) in [5, 5.41) is 12.8. The lowest BCUT2D eigenvalue weighted by Gasteiger charge is -2.31. The summed E-state index contributed by atoms with van der Waals surface area (Å²) in [5.41, 5.74) is 2.32. The summed E-state index contributed by atoms with van der Waals surface area (Å²) in [4.78, 5) is 24.5. The predicted octanol–water partition coefficient (Wildman–Crippen LogP) is 3.15. The number of nitrogens with zero attached hydrogens (tertiary/aromatic N) is 1. The van der Waals surface area contributed by atoms with Crippen LogP contribution in [0.1, 0.15) is 18.0 Å². The summed E-state index contributed by atoms with van der Waals surface area (Å²) < 4.78 is 5.20. The summed E-state index contributed by atoms with van der Waals surface area (Å²) in [6.45, 7) is 0. The van der Waals surface area contributed by atoms with E-state index in [-0.39, 0.29) is 29.1 Å². The van der Waals surface area contributed by atoms with Gasteiger partial charge in [-0.1, -0.05) is 65.8 Å². The molecule has 7 nitrogen and oxygen atoms in total. The number of anilines is 1. The number of carbonyl (C=O) groups excluding carboxylic acids is 2. The van der Waals surface area contributed by atoms with Crippen molar-refractivity contribution in [2.24, 2.45) is 0 Å². The van der Waals surface area contributed by atoms with E-state index in [1.54, 1.807) is 6.20 Å². The largest absolute Gasteiger partial charge is 0.338 e. The van der Waals surface area contributed by atoms with Gasteiger partial charge in [0.15, 0.2) is 0 Å². The highest BCUT2D eigenvalue weighted by Crippen LogP contribution is 2.28. The Morgan fingerprint density at radius 2 is 1.86 bits per heavy atom. The average molecular weight is 408 g/mol. The zero-order chi connectivity index (χ0) is 20.1. The van der Waals surface area contributed by atoms with Crippen LogP contribution in [-0.4, -0.2) is 28.2 Å². The van der Waals surface area contributed by atoms with Gasteiger partial charge >= 0.3 is 0 Å². The molecule has 0 radical (unpaired) electrons. The molecule has 0 spiro atoms. The summed E-state index contributed by atoms with van der Waals surface area (Å²) in [6.07, 6.45) is 1.94. The van der Waals surface area contributed by atoms with Crippen molar-refractivity contribution in [3.8, 4) is 11.1 Å². The number of rotatable bonds is 6. The minimum Gasteiger partial charge on any atom is -0.338 e. The Labute approximate surface area is 172 Å². The summed E-state index contributed by atoms with van der Waals surface area (Å²) in [6, 6.07) is 19.3. The standard InChI is InChI=1S/C21H20N4O3S/c26-18-11-17(15-9-5-2-6-10-15)23-21(25-18)29-13-19(27)24-20-16(12-22-28-20)14-7-3-1-4-8-14/h1-10,12,17,21,23H,11,13H2,(H,24,27)(H,25,26). The third kappa shape index (κ3) is 4.85. The molecule has 2 aromatic carbocycles. The van der Waals surface area contributed by atoms with Crippen LogP contribution in [0, 0.1) is 0 Å². The second-order valence-corrected chi connectivity index (χ2v) is 7.67. The van der Waals surface area contributed by atoms with E-state index < -0.39 is 0 Å². The molecule has 2 atom stereocenters. The van der Waals surface area contributed by atoms with Gasteiger partial charge in [-0.15, -0.1) is 11.8 Å². The molecule has 4 rings (SSSR count). The molecule has 148 valence electrons. The number of thioether (sulfide) groups is 1. The molecule has 2 unspecified atom stereocenters. The smallest absolute Gasteiger partial charge is 0.239 e. The molecule has 2 amide bonds. The normalized spacial score (nSPS) is 18.8. The zero-order valence-corrected chi connectivity index (χ0v) is 16.3. The van der Waals surface area contributed by atoms with Gasteiger partial charge in [-0.25, -0.2) is 0 Å². The van der Waals surface area contributed by atoms with Gasteiger partial charge in [-0.3, -0.25) is 20.2 Å². The Balaban J connectivity index is 1.34. The van der Waals surface area contributed by atoms with Crippen molar-refractivity contribution < 1.29 is 14.1 Å². The maximum atomic E-state index is 12.4. The second-order valence-electron chi connectivity index (χ2n) is 6.58. The van der Waals surface area contributed by atoms with Gasteiger partial charge in [0.1, 0.15) is 5.50 Å². The number of amides is 2. The molecule has 29 heavy (non-hydrogen) atoms. The molecular weight excluding hydrogens is 388 g/mol. The van der Waals surface area contributed by atoms with E-state index in [4.69, 9.17) is 4.52 Å². The van der Waals surface area contributed by atoms with Crippen LogP contribution < -0.4 is 16.0 Å². The van der Waals surface area contributed by atoms with Crippen molar-refractivity contribution in [2.75, 3.05) is 11.1 Å². The molecule has 1 fully saturated rings. The first kappa shape index (κ1) is 19.2. The Hall–Kier alpha value is -3.10. The van der Waals surface area contributed by atoms with Crippen molar-refractivity contribution >= 4 is 29.5 Å². The topological polar surface area (TPSA) is 96.3 Å². The van der Waals surface area contributed by atoms with Gasteiger partial charge in [-0.05, 0) is 11.1 Å². The minimum atomic E-state index is -0.351. The molecule has 3 N–H and O–H groups in total. The molecule has 2 heterocycles. The number of nitrogens with one attached hydrogen (secondary N) is 3. The van der Waals surface area contributed by atoms with Crippen LogP contribution in [0.3, 0.4) is 0 Å². The Kier molecular flexibility index (Phi) is 5.92. The van der Waals surface area contributed by atoms with E-state index in [0.717, 1.165) is 16.7 Å². The fourth-order valence-electron chi connectivity index (χ4n) is 3.14. The highest BCUT2D eigenvalue weighted by molar-refractivity contribution is 8.00. The minimum absolute atomic E-state index is 0.0443. The van der Waals surface area contributed by atoms with E-state index in [9.17, 15) is 9.59 Å². The van der Waals surface area contributed by atoms with Gasteiger partial charge in [0.05, 0.1) is 17.5 Å². The Morgan fingerprint density at radius 1 is 1.14 bits per heavy atom. The molecule has 0 bridgehead atoms. The number of aromatic nitrogens is 1. The highest BCUT2D eigenvalue weighted by Gasteiger charge is 2.27. The van der Waals surface area contributed by atoms with Gasteiger partial charge in [-0.2, -0.15) is 0 Å². The average Bonchev–Trinajstić information content (AvgIpc) is 3.21. The van der Waals surface area contributed by atoms with Crippen molar-refractivity contribution in [3.05, 3.63) is 72.4 Å². The number of hydrogen-bond acceptors (Lipinski definition) is 6. The second kappa shape index (κ2) is 8.93. The fourth-order valence-corrected chi connectivity index (χ4v) is 4.00. The molecule has 1 saturated heterocycles. The fraction of sp³-hybridized carbons (Fsp3) is 0.190. The SMILES string of the molecule is O=C(CSC1NC(=O)CC(c2ccccc2)N1)Nc1oncc1-c1ccccc1. The molecule has 3 aromatic rings. The highest BCUT2D eigenvalue weighted by atomic mass is 32.2. The van der Waals surface area contributed by atoms with Crippen LogP contribution in [0.15, 0.2) is 71.4 Å². The molecule has 8 heteroatoms. The maximum Gasteiger partial charge on any atom is 0.239 e. The van der Waals surface area contributed by atoms with Gasteiger partial charge < -0.3 is 9.84 Å². The molecule has 1 aliphatic heterocycles. The first-order chi connectivity index (χ1) is 14.2. The third-order valence-corrected chi connectivity index (χ3v) is 5.54. The predicted molar refractivity (Wildman–Crippen MR) is 112 cm³/mol. The molecule has 0 saturated carbocycles. The van der Waals surface area contributed by atoms with Crippen LogP contribution >= 0.6 is 11.8 Å². The summed E-state index contributed by atoms with van der Waals surface area (Å²) in [7, 11) is 0. The zero-order valence-electron chi connectivity index (χ0n) is 15.5. The summed E-state index contributed by atoms with van der Waals surface area (Å²) >= 11 is 1.31. The third-order valence-electron chi connectivity index (χ3n) is 4.53. The quantitative estimate of drug-likeness (QED) is 0.580. The number of benzene rings is 2. The van der Waals surface area contributed by atoms with Gasteiger partial charge in [0, 0.05) is 12.5 Å². The Morgan fingerprint density at radius 3 is 2.62 bits per heavy atom. The van der Waals surface area contributed by atoms with E-state index in [1.807, 2.05) is 60.7 Å². The molecule has 0 aliphatic carbocycles. The number of carbonyl (C=O) groups is 2. The van der Waals surface area contributed by atoms with Crippen molar-refractivity contribution in [1.82, 2.24) is 15.8 Å². The van der Waals surface area contributed by atoms with Crippen LogP contribution in [0.4, 0.5) is 5.88 Å². The van der Waals surface area contributed by atoms with Crippen LogP contribution in [0.2, 0.25) is 0 Å². The monoisotopic (exact) mass is 408 g/mol. The van der Waals surface area contributed by atoms with E-state index in [2.05, 4.69) is 21.1 Å². The lowest BCUT2D eigenvalue weighted by atomic mass is 10.0. The Bertz CT molecular complexity index is 978. The molecular formula is C21H20N4O3S. The van der Waals surface area contributed by atoms with Crippen molar-refractivity contribution in [3.63, 3.8) is 0 Å².